The van der Waals surface area contributed by atoms with Crippen LogP contribution in [0.2, 0.25) is 0 Å². The summed E-state index contributed by atoms with van der Waals surface area (Å²) in [6.07, 6.45) is -0.381. The molecule has 0 saturated heterocycles. The second kappa shape index (κ2) is 7.80. The van der Waals surface area contributed by atoms with E-state index in [9.17, 15) is 4.79 Å². The van der Waals surface area contributed by atoms with Crippen molar-refractivity contribution in [1.29, 1.82) is 0 Å². The molecule has 21 heavy (non-hydrogen) atoms. The Balaban J connectivity index is 2.33. The molecule has 0 aromatic heterocycles. The minimum atomic E-state index is -0.468. The van der Waals surface area contributed by atoms with E-state index in [1.165, 1.54) is 11.1 Å². The molecule has 1 unspecified atom stereocenters. The van der Waals surface area contributed by atoms with Crippen LogP contribution in [0.25, 0.3) is 0 Å². The number of carbonyl (C=O) groups excluding carboxylic acids is 1. The summed E-state index contributed by atoms with van der Waals surface area (Å²) in [4.78, 5) is 11.6. The van der Waals surface area contributed by atoms with Crippen LogP contribution >= 0.6 is 15.9 Å². The zero-order chi connectivity index (χ0) is 16.0. The van der Waals surface area contributed by atoms with Crippen molar-refractivity contribution < 1.29 is 9.53 Å². The van der Waals surface area contributed by atoms with Crippen molar-refractivity contribution in [3.05, 3.63) is 33.8 Å². The number of rotatable bonds is 5. The van der Waals surface area contributed by atoms with Gasteiger partial charge in [-0.2, -0.15) is 0 Å². The van der Waals surface area contributed by atoms with Gasteiger partial charge in [0.15, 0.2) is 0 Å². The number of alkyl carbamates (subject to hydrolysis) is 1. The van der Waals surface area contributed by atoms with Crippen LogP contribution in [0, 0.1) is 6.92 Å². The highest BCUT2D eigenvalue weighted by atomic mass is 79.9. The van der Waals surface area contributed by atoms with Crippen LogP contribution < -0.4 is 10.6 Å². The van der Waals surface area contributed by atoms with E-state index in [-0.39, 0.29) is 12.1 Å². The monoisotopic (exact) mass is 356 g/mol. The Hall–Kier alpha value is -1.07. The highest BCUT2D eigenvalue weighted by Crippen LogP contribution is 2.17. The lowest BCUT2D eigenvalue weighted by atomic mass is 10.1. The van der Waals surface area contributed by atoms with Crippen molar-refractivity contribution in [2.24, 2.45) is 0 Å². The Morgan fingerprint density at radius 1 is 1.38 bits per heavy atom. The lowest BCUT2D eigenvalue weighted by Crippen LogP contribution is -2.42. The maximum absolute atomic E-state index is 11.6. The van der Waals surface area contributed by atoms with Crippen LogP contribution in [0.4, 0.5) is 4.79 Å². The van der Waals surface area contributed by atoms with Crippen LogP contribution in [-0.2, 0) is 11.3 Å². The molecule has 1 rings (SSSR count). The quantitative estimate of drug-likeness (QED) is 0.844. The summed E-state index contributed by atoms with van der Waals surface area (Å²) in [5.41, 5.74) is 1.96. The van der Waals surface area contributed by atoms with Gasteiger partial charge >= 0.3 is 6.09 Å². The van der Waals surface area contributed by atoms with E-state index in [0.29, 0.717) is 6.54 Å². The van der Waals surface area contributed by atoms with E-state index in [0.717, 1.165) is 11.0 Å². The third-order valence-electron chi connectivity index (χ3n) is 2.74. The van der Waals surface area contributed by atoms with Gasteiger partial charge in [-0.15, -0.1) is 0 Å². The zero-order valence-corrected chi connectivity index (χ0v) is 15.0. The maximum Gasteiger partial charge on any atom is 0.407 e. The molecule has 5 heteroatoms. The van der Waals surface area contributed by atoms with Gasteiger partial charge in [0.05, 0.1) is 0 Å². The van der Waals surface area contributed by atoms with Crippen molar-refractivity contribution in [2.75, 3.05) is 6.54 Å². The van der Waals surface area contributed by atoms with Crippen molar-refractivity contribution in [1.82, 2.24) is 10.6 Å². The second-order valence-electron chi connectivity index (χ2n) is 6.27. The number of halogens is 1. The zero-order valence-electron chi connectivity index (χ0n) is 13.4. The molecule has 0 aliphatic rings. The lowest BCUT2D eigenvalue weighted by molar-refractivity contribution is 0.0508. The van der Waals surface area contributed by atoms with Gasteiger partial charge in [-0.3, -0.25) is 0 Å². The first-order chi connectivity index (χ1) is 9.67. The summed E-state index contributed by atoms with van der Waals surface area (Å²) >= 11 is 3.56. The standard InChI is InChI=1S/C16H25BrN2O2/c1-11-6-7-13(14(17)8-11)10-18-9-12(2)19-15(20)21-16(3,4)5/h6-8,12,18H,9-10H2,1-5H3,(H,19,20). The lowest BCUT2D eigenvalue weighted by Gasteiger charge is -2.22. The average Bonchev–Trinajstić information content (AvgIpc) is 2.29. The largest absolute Gasteiger partial charge is 0.444 e. The van der Waals surface area contributed by atoms with Gasteiger partial charge in [-0.1, -0.05) is 28.1 Å². The summed E-state index contributed by atoms with van der Waals surface area (Å²) in [5, 5.41) is 6.14. The summed E-state index contributed by atoms with van der Waals surface area (Å²) in [6.45, 7) is 11.0. The number of ether oxygens (including phenoxy) is 1. The number of carbonyl (C=O) groups is 1. The molecule has 0 heterocycles. The fourth-order valence-corrected chi connectivity index (χ4v) is 2.41. The minimum absolute atomic E-state index is 0.00377. The first-order valence-corrected chi connectivity index (χ1v) is 7.92. The molecular weight excluding hydrogens is 332 g/mol. The van der Waals surface area contributed by atoms with E-state index in [1.807, 2.05) is 27.7 Å². The molecular formula is C16H25BrN2O2. The van der Waals surface area contributed by atoms with Crippen molar-refractivity contribution in [3.63, 3.8) is 0 Å². The summed E-state index contributed by atoms with van der Waals surface area (Å²) in [5.74, 6) is 0. The maximum atomic E-state index is 11.6. The number of nitrogens with one attached hydrogen (secondary N) is 2. The van der Waals surface area contributed by atoms with Gasteiger partial charge in [-0.25, -0.2) is 4.79 Å². The molecule has 2 N–H and O–H groups in total. The predicted octanol–water partition coefficient (Wildman–Crippen LogP) is 3.76. The van der Waals surface area contributed by atoms with E-state index in [1.54, 1.807) is 0 Å². The number of hydrogen-bond acceptors (Lipinski definition) is 3. The molecule has 0 aliphatic carbocycles. The molecule has 0 aliphatic heterocycles. The van der Waals surface area contributed by atoms with Gasteiger partial charge in [0.2, 0.25) is 0 Å². The third-order valence-corrected chi connectivity index (χ3v) is 3.48. The van der Waals surface area contributed by atoms with Crippen molar-refractivity contribution >= 4 is 22.0 Å². The van der Waals surface area contributed by atoms with E-state index in [2.05, 4.69) is 51.7 Å². The molecule has 1 aromatic carbocycles. The first-order valence-electron chi connectivity index (χ1n) is 7.12. The first kappa shape index (κ1) is 18.0. The molecule has 0 spiro atoms. The Morgan fingerprint density at radius 3 is 2.62 bits per heavy atom. The van der Waals surface area contributed by atoms with Gasteiger partial charge in [0, 0.05) is 23.6 Å². The Labute approximate surface area is 135 Å². The molecule has 1 aromatic rings. The fraction of sp³-hybridized carbons (Fsp3) is 0.562. The molecule has 1 amide bonds. The van der Waals surface area contributed by atoms with Crippen LogP contribution in [0.15, 0.2) is 22.7 Å². The van der Waals surface area contributed by atoms with Crippen LogP contribution in [-0.4, -0.2) is 24.3 Å². The summed E-state index contributed by atoms with van der Waals surface area (Å²) in [7, 11) is 0. The van der Waals surface area contributed by atoms with E-state index < -0.39 is 5.60 Å². The predicted molar refractivity (Wildman–Crippen MR) is 89.4 cm³/mol. The fourth-order valence-electron chi connectivity index (χ4n) is 1.78. The second-order valence-corrected chi connectivity index (χ2v) is 7.13. The highest BCUT2D eigenvalue weighted by Gasteiger charge is 2.17. The topological polar surface area (TPSA) is 50.4 Å². The Bertz CT molecular complexity index is 484. The van der Waals surface area contributed by atoms with Gasteiger partial charge in [0.1, 0.15) is 5.60 Å². The van der Waals surface area contributed by atoms with Crippen LogP contribution in [0.5, 0.6) is 0 Å². The Kier molecular flexibility index (Phi) is 6.68. The molecule has 0 radical (unpaired) electrons. The number of aryl methyl sites for hydroxylation is 1. The number of hydrogen-bond donors (Lipinski definition) is 2. The minimum Gasteiger partial charge on any atom is -0.444 e. The highest BCUT2D eigenvalue weighted by molar-refractivity contribution is 9.10. The molecule has 118 valence electrons. The van der Waals surface area contributed by atoms with Gasteiger partial charge < -0.3 is 15.4 Å². The van der Waals surface area contributed by atoms with Crippen molar-refractivity contribution in [3.8, 4) is 0 Å². The van der Waals surface area contributed by atoms with Crippen LogP contribution in [0.3, 0.4) is 0 Å². The third kappa shape index (κ3) is 7.48. The summed E-state index contributed by atoms with van der Waals surface area (Å²) < 4.78 is 6.32. The average molecular weight is 357 g/mol. The SMILES string of the molecule is Cc1ccc(CNCC(C)NC(=O)OC(C)(C)C)c(Br)c1. The molecule has 0 bridgehead atoms. The van der Waals surface area contributed by atoms with Crippen molar-refractivity contribution in [2.45, 2.75) is 52.8 Å². The summed E-state index contributed by atoms with van der Waals surface area (Å²) in [6, 6.07) is 6.28. The van der Waals surface area contributed by atoms with Gasteiger partial charge in [0.25, 0.3) is 0 Å². The normalized spacial score (nSPS) is 12.9. The smallest absolute Gasteiger partial charge is 0.407 e. The molecule has 1 atom stereocenters. The van der Waals surface area contributed by atoms with E-state index in [4.69, 9.17) is 4.74 Å². The Morgan fingerprint density at radius 2 is 2.05 bits per heavy atom. The van der Waals surface area contributed by atoms with E-state index >= 15 is 0 Å². The van der Waals surface area contributed by atoms with Gasteiger partial charge in [-0.05, 0) is 51.8 Å². The molecule has 0 saturated carbocycles. The van der Waals surface area contributed by atoms with Crippen LogP contribution in [0.1, 0.15) is 38.8 Å². The molecule has 4 nitrogen and oxygen atoms in total. The number of amides is 1. The molecule has 0 fully saturated rings. The number of benzene rings is 1.